The first kappa shape index (κ1) is 20.4. The second kappa shape index (κ2) is 7.13. The minimum atomic E-state index is -0.170. The Bertz CT molecular complexity index is 1130. The van der Waals surface area contributed by atoms with Crippen LogP contribution in [0.1, 0.15) is 34.6 Å². The first-order valence-corrected chi connectivity index (χ1v) is 10.9. The first-order chi connectivity index (χ1) is 13.6. The van der Waals surface area contributed by atoms with Crippen molar-refractivity contribution in [3.8, 4) is 0 Å². The van der Waals surface area contributed by atoms with Gasteiger partial charge in [-0.3, -0.25) is 9.28 Å². The quantitative estimate of drug-likeness (QED) is 0.576. The molecule has 1 N–H and O–H groups in total. The van der Waals surface area contributed by atoms with Crippen molar-refractivity contribution < 1.29 is 14.1 Å². The highest BCUT2D eigenvalue weighted by Gasteiger charge is 2.49. The van der Waals surface area contributed by atoms with Crippen LogP contribution in [0.3, 0.4) is 0 Å². The number of aromatic nitrogens is 1. The monoisotopic (exact) mass is 450 g/mol. The number of hydrogen-bond acceptors (Lipinski definition) is 3. The minimum absolute atomic E-state index is 0.0223. The van der Waals surface area contributed by atoms with Crippen molar-refractivity contribution in [1.82, 2.24) is 9.88 Å². The molecule has 1 aliphatic rings. The molecule has 8 heteroatoms. The summed E-state index contributed by atoms with van der Waals surface area (Å²) in [6, 6.07) is 9.65. The van der Waals surface area contributed by atoms with Gasteiger partial charge in [-0.15, -0.1) is 11.3 Å². The number of carbonyl (C=O) groups is 2. The van der Waals surface area contributed by atoms with Crippen LogP contribution >= 0.6 is 34.5 Å². The van der Waals surface area contributed by atoms with Gasteiger partial charge in [0.2, 0.25) is 5.91 Å². The summed E-state index contributed by atoms with van der Waals surface area (Å²) in [5, 5.41) is 0.443. The van der Waals surface area contributed by atoms with Crippen molar-refractivity contribution in [1.29, 1.82) is 0 Å². The zero-order chi connectivity index (χ0) is 21.1. The Kier molecular flexibility index (Phi) is 5.02. The van der Waals surface area contributed by atoms with E-state index < -0.39 is 0 Å². The van der Waals surface area contributed by atoms with E-state index in [4.69, 9.17) is 23.2 Å². The average Bonchev–Trinajstić information content (AvgIpc) is 3.34. The van der Waals surface area contributed by atoms with Gasteiger partial charge in [0.05, 0.1) is 29.3 Å². The van der Waals surface area contributed by atoms with Gasteiger partial charge in [-0.1, -0.05) is 47.5 Å². The molecule has 0 aliphatic heterocycles. The first-order valence-electron chi connectivity index (χ1n) is 9.29. The maximum atomic E-state index is 13.6. The predicted molar refractivity (Wildman–Crippen MR) is 118 cm³/mol. The zero-order valence-electron chi connectivity index (χ0n) is 16.6. The number of thiophene rings is 1. The number of aromatic amines is 1. The summed E-state index contributed by atoms with van der Waals surface area (Å²) >= 11 is 13.7. The molecule has 152 valence electrons. The molecule has 5 nitrogen and oxygen atoms in total. The number of H-pyrrole nitrogens is 1. The van der Waals surface area contributed by atoms with Crippen molar-refractivity contribution >= 4 is 56.6 Å². The number of rotatable bonds is 3. The molecule has 0 saturated carbocycles. The Morgan fingerprint density at radius 3 is 2.59 bits per heavy atom. The molecule has 0 bridgehead atoms. The molecule has 4 rings (SSSR count). The van der Waals surface area contributed by atoms with Crippen molar-refractivity contribution in [2.45, 2.75) is 25.4 Å². The van der Waals surface area contributed by atoms with E-state index in [2.05, 4.69) is 17.1 Å². The van der Waals surface area contributed by atoms with Crippen molar-refractivity contribution in [3.05, 3.63) is 56.5 Å². The molecule has 2 atom stereocenters. The molecule has 2 heterocycles. The van der Waals surface area contributed by atoms with Crippen LogP contribution in [0.4, 0.5) is 0 Å². The van der Waals surface area contributed by atoms with Crippen LogP contribution in [0.15, 0.2) is 30.3 Å². The lowest BCUT2D eigenvalue weighted by molar-refractivity contribution is -0.837. The molecular formula is C21H22Cl2N3O2S+. The Morgan fingerprint density at radius 2 is 1.93 bits per heavy atom. The molecule has 29 heavy (non-hydrogen) atoms. The highest BCUT2D eigenvalue weighted by Crippen LogP contribution is 2.42. The van der Waals surface area contributed by atoms with Gasteiger partial charge in [0, 0.05) is 20.4 Å². The molecule has 0 spiro atoms. The number of nitrogens with one attached hydrogen (secondary N) is 1. The number of nitrogens with zero attached hydrogens (tertiary/aromatic N) is 2. The summed E-state index contributed by atoms with van der Waals surface area (Å²) in [7, 11) is 5.62. The molecule has 0 saturated heterocycles. The summed E-state index contributed by atoms with van der Waals surface area (Å²) in [6.07, 6.45) is 0.721. The Labute approximate surface area is 183 Å². The third-order valence-electron chi connectivity index (χ3n) is 6.04. The molecule has 0 fully saturated rings. The van der Waals surface area contributed by atoms with E-state index in [0.717, 1.165) is 16.7 Å². The Balaban J connectivity index is 1.74. The fourth-order valence-electron chi connectivity index (χ4n) is 4.29. The lowest BCUT2D eigenvalue weighted by Gasteiger charge is -2.39. The SMILES string of the molecule is CC(=O)N(C)C1c2ccccc2CC1[N+](C)(C)C(=O)c1cc2sc(Cl)c(Cl)c2[nH]1. The Morgan fingerprint density at radius 1 is 1.24 bits per heavy atom. The zero-order valence-corrected chi connectivity index (χ0v) is 19.0. The van der Waals surface area contributed by atoms with E-state index in [9.17, 15) is 9.59 Å². The number of fused-ring (bicyclic) bond motifs is 2. The van der Waals surface area contributed by atoms with Crippen molar-refractivity contribution in [2.75, 3.05) is 21.1 Å². The van der Waals surface area contributed by atoms with E-state index in [1.807, 2.05) is 32.3 Å². The van der Waals surface area contributed by atoms with E-state index in [1.54, 1.807) is 18.9 Å². The lowest BCUT2D eigenvalue weighted by atomic mass is 10.0. The van der Waals surface area contributed by atoms with Gasteiger partial charge in [-0.2, -0.15) is 0 Å². The van der Waals surface area contributed by atoms with Gasteiger partial charge in [0.25, 0.3) is 0 Å². The normalized spacial score (nSPS) is 18.8. The maximum absolute atomic E-state index is 13.6. The van der Waals surface area contributed by atoms with Gasteiger partial charge in [-0.25, -0.2) is 4.79 Å². The van der Waals surface area contributed by atoms with Crippen LogP contribution in [0.5, 0.6) is 0 Å². The number of halogens is 2. The predicted octanol–water partition coefficient (Wildman–Crippen LogP) is 4.90. The number of quaternary nitrogens is 1. The maximum Gasteiger partial charge on any atom is 0.362 e. The van der Waals surface area contributed by atoms with Crippen molar-refractivity contribution in [3.63, 3.8) is 0 Å². The van der Waals surface area contributed by atoms with Crippen LogP contribution < -0.4 is 0 Å². The third kappa shape index (κ3) is 3.19. The Hall–Kier alpha value is -1.86. The summed E-state index contributed by atoms with van der Waals surface area (Å²) in [6.45, 7) is 1.56. The fourth-order valence-corrected chi connectivity index (χ4v) is 5.77. The van der Waals surface area contributed by atoms with Crippen LogP contribution in [-0.2, 0) is 11.2 Å². The van der Waals surface area contributed by atoms with Crippen molar-refractivity contribution in [2.24, 2.45) is 0 Å². The standard InChI is InChI=1S/C21H21Cl2N3O2S/c1-11(27)25(2)19-13-8-6-5-7-12(13)9-15(19)26(3,4)21(28)14-10-16-18(24-14)17(22)20(23)29-16/h5-8,10,15,19H,9H2,1-4H3/p+1. The van der Waals surface area contributed by atoms with Gasteiger partial charge in [0.15, 0.2) is 0 Å². The van der Waals surface area contributed by atoms with Gasteiger partial charge in [0.1, 0.15) is 22.1 Å². The largest absolute Gasteiger partial charge is 0.362 e. The second-order valence-corrected chi connectivity index (χ2v) is 10.0. The topological polar surface area (TPSA) is 53.2 Å². The van der Waals surface area contributed by atoms with E-state index in [0.29, 0.717) is 20.6 Å². The number of carbonyl (C=O) groups excluding carboxylic acids is 2. The smallest absolute Gasteiger partial charge is 0.345 e. The van der Waals surface area contributed by atoms with E-state index >= 15 is 0 Å². The van der Waals surface area contributed by atoms with Crippen LogP contribution in [-0.4, -0.2) is 53.4 Å². The highest BCUT2D eigenvalue weighted by atomic mass is 35.5. The fraction of sp³-hybridized carbons (Fsp3) is 0.333. The molecule has 1 aromatic carbocycles. The molecular weight excluding hydrogens is 429 g/mol. The van der Waals surface area contributed by atoms with Gasteiger partial charge < -0.3 is 9.88 Å². The molecule has 3 aromatic rings. The second-order valence-electron chi connectivity index (χ2n) is 8.00. The summed E-state index contributed by atoms with van der Waals surface area (Å²) in [5.41, 5.74) is 3.47. The molecule has 2 amide bonds. The van der Waals surface area contributed by atoms with E-state index in [1.165, 1.54) is 16.9 Å². The van der Waals surface area contributed by atoms with Gasteiger partial charge in [-0.05, 0) is 17.2 Å². The van der Waals surface area contributed by atoms with Crippen LogP contribution in [0, 0.1) is 0 Å². The molecule has 0 radical (unpaired) electrons. The summed E-state index contributed by atoms with van der Waals surface area (Å²) < 4.78 is 1.47. The highest BCUT2D eigenvalue weighted by molar-refractivity contribution is 7.23. The molecule has 2 aromatic heterocycles. The third-order valence-corrected chi connectivity index (χ3v) is 7.97. The van der Waals surface area contributed by atoms with E-state index in [-0.39, 0.29) is 28.4 Å². The summed E-state index contributed by atoms with van der Waals surface area (Å²) in [4.78, 5) is 30.7. The number of amides is 2. The summed E-state index contributed by atoms with van der Waals surface area (Å²) in [5.74, 6) is -0.0775. The minimum Gasteiger partial charge on any atom is -0.345 e. The van der Waals surface area contributed by atoms with Crippen LogP contribution in [0.25, 0.3) is 10.2 Å². The lowest BCUT2D eigenvalue weighted by Crippen LogP contribution is -2.57. The molecule has 2 unspecified atom stereocenters. The number of benzene rings is 1. The molecule has 1 aliphatic carbocycles. The average molecular weight is 451 g/mol. The number of likely N-dealkylation sites (N-methyl/N-ethyl adjacent to an activating group) is 2. The van der Waals surface area contributed by atoms with Gasteiger partial charge >= 0.3 is 5.91 Å². The van der Waals surface area contributed by atoms with Crippen LogP contribution in [0.2, 0.25) is 9.36 Å². The number of hydrogen-bond donors (Lipinski definition) is 1.